The van der Waals surface area contributed by atoms with Crippen LogP contribution in [0.25, 0.3) is 10.4 Å². The Morgan fingerprint density at radius 2 is 1.90 bits per heavy atom. The number of likely N-dealkylation sites (tertiary alicyclic amines) is 1. The standard InChI is InChI=1S/C31H41N5O4S/c1-18-24(41-17-34-18)19-8-9-20(22(12-19)29(2,3)4)14-33-26(38)23-13-21(37)15-36(23)27(39)25(30(5,6)7)35-28(40)31(16-32)10-11-31/h8-9,12,17,21,23,25,37H,10-11,13-15H2,1-7H3,(H,33,38)(H,35,40)/t21-,23?,25?/m1/s1. The maximum Gasteiger partial charge on any atom is 0.246 e. The molecule has 9 nitrogen and oxygen atoms in total. The van der Waals surface area contributed by atoms with Crippen LogP contribution < -0.4 is 10.6 Å². The van der Waals surface area contributed by atoms with Crippen LogP contribution >= 0.6 is 11.3 Å². The van der Waals surface area contributed by atoms with Crippen molar-refractivity contribution >= 4 is 29.1 Å². The number of rotatable bonds is 7. The number of benzene rings is 1. The van der Waals surface area contributed by atoms with Gasteiger partial charge in [-0.2, -0.15) is 5.26 Å². The molecule has 3 N–H and O–H groups in total. The highest BCUT2D eigenvalue weighted by Crippen LogP contribution is 2.45. The maximum atomic E-state index is 13.8. The third kappa shape index (κ3) is 6.47. The normalized spacial score (nSPS) is 20.7. The van der Waals surface area contributed by atoms with Crippen molar-refractivity contribution in [3.05, 3.63) is 40.5 Å². The minimum atomic E-state index is -1.08. The second-order valence-corrected chi connectivity index (χ2v) is 14.3. The molecule has 10 heteroatoms. The van der Waals surface area contributed by atoms with E-state index in [1.165, 1.54) is 4.90 Å². The second kappa shape index (κ2) is 11.2. The molecule has 2 aromatic rings. The largest absolute Gasteiger partial charge is 0.391 e. The number of aliphatic hydroxyl groups is 1. The lowest BCUT2D eigenvalue weighted by Gasteiger charge is -2.35. The van der Waals surface area contributed by atoms with Gasteiger partial charge >= 0.3 is 0 Å². The van der Waals surface area contributed by atoms with E-state index >= 15 is 0 Å². The maximum absolute atomic E-state index is 13.8. The smallest absolute Gasteiger partial charge is 0.246 e. The van der Waals surface area contributed by atoms with Crippen LogP contribution in [0.5, 0.6) is 0 Å². The number of nitriles is 1. The molecule has 1 aliphatic carbocycles. The molecule has 1 aliphatic heterocycles. The van der Waals surface area contributed by atoms with E-state index in [0.29, 0.717) is 12.8 Å². The van der Waals surface area contributed by atoms with Crippen molar-refractivity contribution in [1.82, 2.24) is 20.5 Å². The first kappa shape index (κ1) is 30.7. The van der Waals surface area contributed by atoms with Gasteiger partial charge in [-0.15, -0.1) is 11.3 Å². The van der Waals surface area contributed by atoms with E-state index in [4.69, 9.17) is 0 Å². The lowest BCUT2D eigenvalue weighted by Crippen LogP contribution is -2.58. The minimum Gasteiger partial charge on any atom is -0.391 e. The predicted molar refractivity (Wildman–Crippen MR) is 158 cm³/mol. The van der Waals surface area contributed by atoms with Crippen LogP contribution in [0.1, 0.15) is 77.6 Å². The summed E-state index contributed by atoms with van der Waals surface area (Å²) in [4.78, 5) is 47.0. The van der Waals surface area contributed by atoms with Gasteiger partial charge in [0.05, 0.1) is 28.3 Å². The average Bonchev–Trinajstić information content (AvgIpc) is 3.43. The van der Waals surface area contributed by atoms with Crippen molar-refractivity contribution in [3.8, 4) is 16.5 Å². The van der Waals surface area contributed by atoms with Crippen molar-refractivity contribution in [2.24, 2.45) is 10.8 Å². The SMILES string of the molecule is Cc1ncsc1-c1ccc(CNC(=O)C2C[C@@H](O)CN2C(=O)C(NC(=O)C2(C#N)CC2)C(C)(C)C)c(C(C)(C)C)c1. The fraction of sp³-hybridized carbons (Fsp3) is 0.581. The first-order valence-corrected chi connectivity index (χ1v) is 15.0. The van der Waals surface area contributed by atoms with Gasteiger partial charge in [-0.05, 0) is 53.4 Å². The summed E-state index contributed by atoms with van der Waals surface area (Å²) in [6.07, 6.45) is 0.192. The number of hydrogen-bond acceptors (Lipinski definition) is 7. The van der Waals surface area contributed by atoms with Crippen molar-refractivity contribution in [3.63, 3.8) is 0 Å². The van der Waals surface area contributed by atoms with Gasteiger partial charge < -0.3 is 20.6 Å². The summed E-state index contributed by atoms with van der Waals surface area (Å²) in [7, 11) is 0. The molecule has 2 fully saturated rings. The van der Waals surface area contributed by atoms with Gasteiger partial charge in [0.25, 0.3) is 0 Å². The monoisotopic (exact) mass is 579 g/mol. The summed E-state index contributed by atoms with van der Waals surface area (Å²) in [5.74, 6) is -1.25. The first-order valence-electron chi connectivity index (χ1n) is 14.1. The molecule has 2 aliphatic rings. The lowest BCUT2D eigenvalue weighted by atomic mass is 9.82. The molecule has 220 valence electrons. The molecule has 0 bridgehead atoms. The zero-order valence-electron chi connectivity index (χ0n) is 25.0. The predicted octanol–water partition coefficient (Wildman–Crippen LogP) is 3.83. The van der Waals surface area contributed by atoms with E-state index in [0.717, 1.165) is 27.3 Å². The van der Waals surface area contributed by atoms with Crippen LogP contribution in [-0.2, 0) is 26.3 Å². The van der Waals surface area contributed by atoms with Crippen LogP contribution in [0.4, 0.5) is 0 Å². The molecule has 1 aromatic heterocycles. The molecule has 0 spiro atoms. The quantitative estimate of drug-likeness (QED) is 0.456. The fourth-order valence-corrected chi connectivity index (χ4v) is 6.16. The minimum absolute atomic E-state index is 0.00109. The molecule has 2 unspecified atom stereocenters. The summed E-state index contributed by atoms with van der Waals surface area (Å²) in [5, 5.41) is 25.7. The highest BCUT2D eigenvalue weighted by molar-refractivity contribution is 7.13. The summed E-state index contributed by atoms with van der Waals surface area (Å²) < 4.78 is 0. The molecular formula is C31H41N5O4S. The van der Waals surface area contributed by atoms with Crippen LogP contribution in [0.2, 0.25) is 0 Å². The number of thiazole rings is 1. The Hall–Kier alpha value is -3.29. The first-order chi connectivity index (χ1) is 19.1. The third-order valence-corrected chi connectivity index (χ3v) is 9.01. The second-order valence-electron chi connectivity index (χ2n) is 13.5. The molecule has 4 rings (SSSR count). The van der Waals surface area contributed by atoms with Crippen LogP contribution in [0, 0.1) is 29.1 Å². The van der Waals surface area contributed by atoms with Crippen molar-refractivity contribution in [2.45, 2.75) is 97.9 Å². The molecule has 41 heavy (non-hydrogen) atoms. The van der Waals surface area contributed by atoms with Gasteiger partial charge in [-0.1, -0.05) is 53.7 Å². The summed E-state index contributed by atoms with van der Waals surface area (Å²) in [6.45, 7) is 14.1. The number of aryl methyl sites for hydroxylation is 1. The van der Waals surface area contributed by atoms with E-state index in [-0.39, 0.29) is 30.8 Å². The molecule has 1 saturated heterocycles. The van der Waals surface area contributed by atoms with Gasteiger partial charge in [0.2, 0.25) is 17.7 Å². The van der Waals surface area contributed by atoms with Crippen LogP contribution in [0.3, 0.4) is 0 Å². The Morgan fingerprint density at radius 1 is 1.22 bits per heavy atom. The molecule has 3 atom stereocenters. The molecular weight excluding hydrogens is 538 g/mol. The average molecular weight is 580 g/mol. The zero-order chi connectivity index (χ0) is 30.3. The van der Waals surface area contributed by atoms with Crippen molar-refractivity contribution in [2.75, 3.05) is 6.54 Å². The van der Waals surface area contributed by atoms with Crippen LogP contribution in [-0.4, -0.2) is 57.4 Å². The van der Waals surface area contributed by atoms with Crippen LogP contribution in [0.15, 0.2) is 23.7 Å². The molecule has 1 aromatic carbocycles. The van der Waals surface area contributed by atoms with E-state index in [1.54, 1.807) is 11.3 Å². The highest BCUT2D eigenvalue weighted by atomic mass is 32.1. The van der Waals surface area contributed by atoms with E-state index in [2.05, 4.69) is 48.5 Å². The third-order valence-electron chi connectivity index (χ3n) is 8.03. The lowest BCUT2D eigenvalue weighted by molar-refractivity contribution is -0.144. The fourth-order valence-electron chi connectivity index (χ4n) is 5.35. The topological polar surface area (TPSA) is 135 Å². The summed E-state index contributed by atoms with van der Waals surface area (Å²) >= 11 is 1.60. The van der Waals surface area contributed by atoms with Crippen molar-refractivity contribution in [1.29, 1.82) is 5.26 Å². The van der Waals surface area contributed by atoms with E-state index in [9.17, 15) is 24.8 Å². The Bertz CT molecular complexity index is 1380. The zero-order valence-corrected chi connectivity index (χ0v) is 25.8. The van der Waals surface area contributed by atoms with E-state index in [1.807, 2.05) is 45.3 Å². The summed E-state index contributed by atoms with van der Waals surface area (Å²) in [6, 6.07) is 6.47. The molecule has 3 amide bonds. The van der Waals surface area contributed by atoms with Gasteiger partial charge in [0, 0.05) is 19.5 Å². The Labute approximate surface area is 246 Å². The van der Waals surface area contributed by atoms with E-state index < -0.39 is 40.8 Å². The molecule has 1 saturated carbocycles. The Kier molecular flexibility index (Phi) is 8.36. The van der Waals surface area contributed by atoms with Gasteiger partial charge in [-0.3, -0.25) is 14.4 Å². The van der Waals surface area contributed by atoms with Gasteiger partial charge in [0.15, 0.2) is 0 Å². The van der Waals surface area contributed by atoms with Gasteiger partial charge in [-0.25, -0.2) is 4.98 Å². The number of hydrogen-bond donors (Lipinski definition) is 3. The number of aliphatic hydroxyl groups excluding tert-OH is 1. The molecule has 0 radical (unpaired) electrons. The number of nitrogens with zero attached hydrogens (tertiary/aromatic N) is 3. The Morgan fingerprint density at radius 3 is 2.44 bits per heavy atom. The number of carbonyl (C=O) groups excluding carboxylic acids is 3. The summed E-state index contributed by atoms with van der Waals surface area (Å²) in [5.41, 5.74) is 4.04. The Balaban J connectivity index is 1.52. The molecule has 2 heterocycles. The number of aromatic nitrogens is 1. The number of amides is 3. The number of β-amino-alcohol motifs (C(OH)–C–C–N with tert-alkyl or cyclic N) is 1. The number of carbonyl (C=O) groups is 3. The van der Waals surface area contributed by atoms with Gasteiger partial charge in [0.1, 0.15) is 17.5 Å². The van der Waals surface area contributed by atoms with Crippen molar-refractivity contribution < 1.29 is 19.5 Å². The highest BCUT2D eigenvalue weighted by Gasteiger charge is 2.53. The number of nitrogens with one attached hydrogen (secondary N) is 2.